The molecule has 0 radical (unpaired) electrons. The van der Waals surface area contributed by atoms with Crippen molar-refractivity contribution in [2.45, 2.75) is 57.5 Å². The van der Waals surface area contributed by atoms with Gasteiger partial charge in [0.2, 0.25) is 11.8 Å². The van der Waals surface area contributed by atoms with Crippen LogP contribution in [0.4, 0.5) is 0 Å². The maximum absolute atomic E-state index is 12.7. The van der Waals surface area contributed by atoms with Gasteiger partial charge in [-0.05, 0) is 26.0 Å². The summed E-state index contributed by atoms with van der Waals surface area (Å²) < 4.78 is 0. The molecule has 0 aromatic carbocycles. The maximum Gasteiger partial charge on any atom is 0.236 e. The Balaban J connectivity index is 2.12. The van der Waals surface area contributed by atoms with Gasteiger partial charge in [0.1, 0.15) is 0 Å². The van der Waals surface area contributed by atoms with Gasteiger partial charge >= 0.3 is 0 Å². The molecule has 0 aromatic heterocycles. The highest BCUT2D eigenvalue weighted by Gasteiger charge is 2.51. The molecule has 2 aliphatic rings. The van der Waals surface area contributed by atoms with Crippen molar-refractivity contribution >= 4 is 23.6 Å². The Morgan fingerprint density at radius 2 is 1.85 bits per heavy atom. The number of hydrogen-bond donors (Lipinski definition) is 1. The van der Waals surface area contributed by atoms with Gasteiger partial charge in [0, 0.05) is 12.2 Å². The topological polar surface area (TPSA) is 57.6 Å². The molecule has 2 fully saturated rings. The summed E-state index contributed by atoms with van der Waals surface area (Å²) in [5.74, 6) is 0.390. The minimum absolute atomic E-state index is 0.0363. The summed E-state index contributed by atoms with van der Waals surface area (Å²) >= 11 is 1.53. The highest BCUT2D eigenvalue weighted by molar-refractivity contribution is 7.98. The first-order valence-electron chi connectivity index (χ1n) is 7.46. The van der Waals surface area contributed by atoms with Crippen LogP contribution in [0.25, 0.3) is 0 Å². The number of carbonyl (C=O) groups excluding carboxylic acids is 2. The van der Waals surface area contributed by atoms with E-state index in [0.29, 0.717) is 12.2 Å². The van der Waals surface area contributed by atoms with Gasteiger partial charge < -0.3 is 5.11 Å². The Morgan fingerprint density at radius 3 is 2.40 bits per heavy atom. The number of β-amino-alcohol motifs (C(OH)–C–C–N with tert-alkyl or cyclic N) is 1. The fourth-order valence-electron chi connectivity index (χ4n) is 3.51. The summed E-state index contributed by atoms with van der Waals surface area (Å²) in [4.78, 5) is 26.3. The number of nitrogens with zero attached hydrogens (tertiary/aromatic N) is 1. The minimum Gasteiger partial charge on any atom is -0.387 e. The zero-order valence-electron chi connectivity index (χ0n) is 12.5. The van der Waals surface area contributed by atoms with Crippen molar-refractivity contribution < 1.29 is 14.7 Å². The van der Waals surface area contributed by atoms with E-state index >= 15 is 0 Å². The number of thioether (sulfide) groups is 1. The van der Waals surface area contributed by atoms with Crippen LogP contribution in [0.3, 0.4) is 0 Å². The second-order valence-electron chi connectivity index (χ2n) is 6.59. The average Bonchev–Trinajstić information content (AvgIpc) is 2.57. The molecule has 2 rings (SSSR count). The molecule has 1 saturated heterocycles. The van der Waals surface area contributed by atoms with Crippen molar-refractivity contribution in [3.63, 3.8) is 0 Å². The maximum atomic E-state index is 12.7. The molecule has 1 unspecified atom stereocenters. The molecular formula is C15H25NO3S. The second-order valence-corrected chi connectivity index (χ2v) is 7.45. The van der Waals surface area contributed by atoms with Crippen molar-refractivity contribution in [2.75, 3.05) is 18.6 Å². The van der Waals surface area contributed by atoms with Crippen molar-refractivity contribution in [1.82, 2.24) is 4.90 Å². The van der Waals surface area contributed by atoms with E-state index in [1.54, 1.807) is 6.92 Å². The summed E-state index contributed by atoms with van der Waals surface area (Å²) in [7, 11) is 0. The first-order valence-corrected chi connectivity index (χ1v) is 8.86. The Kier molecular flexibility index (Phi) is 4.80. The van der Waals surface area contributed by atoms with Gasteiger partial charge in [0.05, 0.1) is 17.6 Å². The van der Waals surface area contributed by atoms with Crippen LogP contribution in [-0.4, -0.2) is 46.0 Å². The third kappa shape index (κ3) is 3.19. The monoisotopic (exact) mass is 299 g/mol. The van der Waals surface area contributed by atoms with Gasteiger partial charge in [-0.2, -0.15) is 11.8 Å². The number of amides is 2. The fraction of sp³-hybridized carbons (Fsp3) is 0.867. The van der Waals surface area contributed by atoms with E-state index in [0.717, 1.165) is 38.5 Å². The van der Waals surface area contributed by atoms with Crippen molar-refractivity contribution in [3.8, 4) is 0 Å². The van der Waals surface area contributed by atoms with Gasteiger partial charge in [-0.3, -0.25) is 14.5 Å². The normalized spacial score (nSPS) is 25.9. The number of likely N-dealkylation sites (tertiary alicyclic amines) is 1. The largest absolute Gasteiger partial charge is 0.387 e. The third-order valence-corrected chi connectivity index (χ3v) is 5.41. The molecule has 1 spiro atoms. The Morgan fingerprint density at radius 1 is 1.25 bits per heavy atom. The lowest BCUT2D eigenvalue weighted by molar-refractivity contribution is -0.144. The van der Waals surface area contributed by atoms with E-state index < -0.39 is 11.0 Å². The molecule has 5 heteroatoms. The van der Waals surface area contributed by atoms with Crippen molar-refractivity contribution in [3.05, 3.63) is 0 Å². The van der Waals surface area contributed by atoms with Gasteiger partial charge in [-0.25, -0.2) is 0 Å². The molecule has 114 valence electrons. The standard InChI is InChI=1S/C15H25NO3S/c1-14(19,11-20-2)10-16-12(17)9-15(13(16)18)7-5-3-4-6-8-15/h19H,3-11H2,1-2H3. The highest BCUT2D eigenvalue weighted by atomic mass is 32.2. The summed E-state index contributed by atoms with van der Waals surface area (Å²) in [6.45, 7) is 1.83. The summed E-state index contributed by atoms with van der Waals surface area (Å²) in [6, 6.07) is 0. The summed E-state index contributed by atoms with van der Waals surface area (Å²) in [5.41, 5.74) is -1.45. The molecule has 1 aliphatic carbocycles. The lowest BCUT2D eigenvalue weighted by Gasteiger charge is -2.29. The molecule has 2 amide bonds. The van der Waals surface area contributed by atoms with E-state index in [9.17, 15) is 14.7 Å². The molecular weight excluding hydrogens is 274 g/mol. The summed E-state index contributed by atoms with van der Waals surface area (Å²) in [6.07, 6.45) is 8.32. The van der Waals surface area contributed by atoms with E-state index in [1.165, 1.54) is 16.7 Å². The Labute approximate surface area is 125 Å². The van der Waals surface area contributed by atoms with E-state index in [-0.39, 0.29) is 18.4 Å². The van der Waals surface area contributed by atoms with Crippen molar-refractivity contribution in [1.29, 1.82) is 0 Å². The SMILES string of the molecule is CSCC(C)(O)CN1C(=O)CC2(CCCCCC2)C1=O. The van der Waals surface area contributed by atoms with Crippen LogP contribution >= 0.6 is 11.8 Å². The minimum atomic E-state index is -0.999. The highest BCUT2D eigenvalue weighted by Crippen LogP contribution is 2.44. The first-order chi connectivity index (χ1) is 9.40. The van der Waals surface area contributed by atoms with Crippen LogP contribution in [-0.2, 0) is 9.59 Å². The number of rotatable bonds is 4. The first kappa shape index (κ1) is 15.8. The fourth-order valence-corrected chi connectivity index (χ4v) is 4.23. The zero-order valence-corrected chi connectivity index (χ0v) is 13.3. The molecule has 20 heavy (non-hydrogen) atoms. The number of imide groups is 1. The number of hydrogen-bond acceptors (Lipinski definition) is 4. The molecule has 1 aliphatic heterocycles. The zero-order chi connectivity index (χ0) is 14.8. The summed E-state index contributed by atoms with van der Waals surface area (Å²) in [5, 5.41) is 10.3. The van der Waals surface area contributed by atoms with Gasteiger partial charge in [-0.15, -0.1) is 0 Å². The Hall–Kier alpha value is -0.550. The van der Waals surface area contributed by atoms with Crippen LogP contribution in [0.5, 0.6) is 0 Å². The average molecular weight is 299 g/mol. The molecule has 0 aromatic rings. The van der Waals surface area contributed by atoms with E-state index in [1.807, 2.05) is 6.26 Å². The van der Waals surface area contributed by atoms with E-state index in [4.69, 9.17) is 0 Å². The molecule has 1 saturated carbocycles. The molecule has 1 N–H and O–H groups in total. The molecule has 1 atom stereocenters. The molecule has 1 heterocycles. The van der Waals surface area contributed by atoms with Crippen LogP contribution in [0, 0.1) is 5.41 Å². The van der Waals surface area contributed by atoms with E-state index in [2.05, 4.69) is 0 Å². The molecule has 4 nitrogen and oxygen atoms in total. The van der Waals surface area contributed by atoms with Gasteiger partial charge in [0.15, 0.2) is 0 Å². The predicted octanol–water partition coefficient (Wildman–Crippen LogP) is 2.20. The van der Waals surface area contributed by atoms with Crippen LogP contribution in [0.1, 0.15) is 51.9 Å². The smallest absolute Gasteiger partial charge is 0.236 e. The lowest BCUT2D eigenvalue weighted by Crippen LogP contribution is -2.46. The van der Waals surface area contributed by atoms with Crippen molar-refractivity contribution in [2.24, 2.45) is 5.41 Å². The second kappa shape index (κ2) is 6.06. The van der Waals surface area contributed by atoms with Gasteiger partial charge in [-0.1, -0.05) is 25.7 Å². The molecule has 0 bridgehead atoms. The quantitative estimate of drug-likeness (QED) is 0.809. The number of carbonyl (C=O) groups is 2. The Bertz CT molecular complexity index is 387. The van der Waals surface area contributed by atoms with Crippen LogP contribution in [0.2, 0.25) is 0 Å². The number of aliphatic hydroxyl groups is 1. The van der Waals surface area contributed by atoms with Crippen LogP contribution in [0.15, 0.2) is 0 Å². The van der Waals surface area contributed by atoms with Gasteiger partial charge in [0.25, 0.3) is 0 Å². The van der Waals surface area contributed by atoms with Crippen LogP contribution < -0.4 is 0 Å². The predicted molar refractivity (Wildman–Crippen MR) is 80.5 cm³/mol. The third-order valence-electron chi connectivity index (χ3n) is 4.50. The lowest BCUT2D eigenvalue weighted by atomic mass is 9.79.